The molecule has 4 heteroatoms. The zero-order valence-electron chi connectivity index (χ0n) is 12.2. The Morgan fingerprint density at radius 3 is 2.75 bits per heavy atom. The number of methoxy groups -OCH3 is 1. The van der Waals surface area contributed by atoms with Crippen LogP contribution < -0.4 is 4.74 Å². The van der Waals surface area contributed by atoms with Gasteiger partial charge in [0.15, 0.2) is 5.78 Å². The van der Waals surface area contributed by atoms with Crippen molar-refractivity contribution in [3.8, 4) is 5.75 Å². The number of ether oxygens (including phenoxy) is 1. The molecule has 110 valence electrons. The molecule has 0 aromatic heterocycles. The molecule has 0 bridgehead atoms. The van der Waals surface area contributed by atoms with E-state index in [0.717, 1.165) is 6.54 Å². The SMILES string of the molecule is COc1ccc(F)cc1C(=O)CN(C)CC1CCCC1. The van der Waals surface area contributed by atoms with Gasteiger partial charge < -0.3 is 4.74 Å². The van der Waals surface area contributed by atoms with Gasteiger partial charge in [0.25, 0.3) is 0 Å². The average Bonchev–Trinajstić information content (AvgIpc) is 2.91. The number of likely N-dealkylation sites (N-methyl/N-ethyl adjacent to an activating group) is 1. The number of carbonyl (C=O) groups is 1. The maximum atomic E-state index is 13.3. The summed E-state index contributed by atoms with van der Waals surface area (Å²) in [6.45, 7) is 1.24. The van der Waals surface area contributed by atoms with Crippen molar-refractivity contribution in [1.82, 2.24) is 4.90 Å². The Labute approximate surface area is 119 Å². The normalized spacial score (nSPS) is 15.8. The first-order chi connectivity index (χ1) is 9.60. The van der Waals surface area contributed by atoms with Crippen LogP contribution >= 0.6 is 0 Å². The fourth-order valence-electron chi connectivity index (χ4n) is 2.93. The van der Waals surface area contributed by atoms with Crippen molar-refractivity contribution in [2.24, 2.45) is 5.92 Å². The summed E-state index contributed by atoms with van der Waals surface area (Å²) in [5.74, 6) is 0.627. The molecule has 0 N–H and O–H groups in total. The van der Waals surface area contributed by atoms with Crippen molar-refractivity contribution < 1.29 is 13.9 Å². The number of hydrogen-bond donors (Lipinski definition) is 0. The molecule has 20 heavy (non-hydrogen) atoms. The van der Waals surface area contributed by atoms with Crippen LogP contribution in [-0.4, -0.2) is 37.9 Å². The number of halogens is 1. The van der Waals surface area contributed by atoms with E-state index in [1.807, 2.05) is 11.9 Å². The Balaban J connectivity index is 1.98. The topological polar surface area (TPSA) is 29.5 Å². The summed E-state index contributed by atoms with van der Waals surface area (Å²) in [5.41, 5.74) is 0.325. The van der Waals surface area contributed by atoms with Crippen LogP contribution in [0.5, 0.6) is 5.75 Å². The number of nitrogens with zero attached hydrogens (tertiary/aromatic N) is 1. The van der Waals surface area contributed by atoms with Crippen molar-refractivity contribution in [2.75, 3.05) is 27.2 Å². The Hall–Kier alpha value is -1.42. The molecule has 0 heterocycles. The van der Waals surface area contributed by atoms with Gasteiger partial charge in [0.2, 0.25) is 0 Å². The lowest BCUT2D eigenvalue weighted by molar-refractivity contribution is 0.0934. The fraction of sp³-hybridized carbons (Fsp3) is 0.562. The number of ketones is 1. The van der Waals surface area contributed by atoms with Crippen LogP contribution in [0.4, 0.5) is 4.39 Å². The Bertz CT molecular complexity index is 470. The second-order valence-corrected chi connectivity index (χ2v) is 5.62. The van der Waals surface area contributed by atoms with Gasteiger partial charge in [-0.25, -0.2) is 4.39 Å². The predicted molar refractivity (Wildman–Crippen MR) is 76.7 cm³/mol. The van der Waals surface area contributed by atoms with E-state index in [9.17, 15) is 9.18 Å². The minimum absolute atomic E-state index is 0.0955. The number of benzene rings is 1. The highest BCUT2D eigenvalue weighted by molar-refractivity contribution is 6.00. The molecule has 0 atom stereocenters. The summed E-state index contributed by atoms with van der Waals surface area (Å²) in [6.07, 6.45) is 5.10. The molecule has 0 spiro atoms. The van der Waals surface area contributed by atoms with E-state index in [0.29, 0.717) is 23.8 Å². The van der Waals surface area contributed by atoms with Crippen LogP contribution in [0.1, 0.15) is 36.0 Å². The fourth-order valence-corrected chi connectivity index (χ4v) is 2.93. The van der Waals surface area contributed by atoms with Gasteiger partial charge in [0, 0.05) is 6.54 Å². The average molecular weight is 279 g/mol. The van der Waals surface area contributed by atoms with Gasteiger partial charge in [0.1, 0.15) is 11.6 Å². The summed E-state index contributed by atoms with van der Waals surface area (Å²) in [4.78, 5) is 14.3. The molecule has 3 nitrogen and oxygen atoms in total. The van der Waals surface area contributed by atoms with Crippen LogP contribution in [0.25, 0.3) is 0 Å². The van der Waals surface area contributed by atoms with Gasteiger partial charge in [-0.2, -0.15) is 0 Å². The third-order valence-corrected chi connectivity index (χ3v) is 3.92. The van der Waals surface area contributed by atoms with Crippen molar-refractivity contribution in [1.29, 1.82) is 0 Å². The molecular weight excluding hydrogens is 257 g/mol. The monoisotopic (exact) mass is 279 g/mol. The van der Waals surface area contributed by atoms with E-state index >= 15 is 0 Å². The molecule has 0 aliphatic heterocycles. The maximum absolute atomic E-state index is 13.3. The molecule has 2 rings (SSSR count). The summed E-state index contributed by atoms with van der Waals surface area (Å²) in [6, 6.07) is 4.06. The quantitative estimate of drug-likeness (QED) is 0.749. The Kier molecular flexibility index (Phi) is 5.12. The molecule has 1 aliphatic carbocycles. The van der Waals surface area contributed by atoms with E-state index in [-0.39, 0.29) is 5.78 Å². The van der Waals surface area contributed by atoms with Crippen LogP contribution in [0, 0.1) is 11.7 Å². The van der Waals surface area contributed by atoms with E-state index in [4.69, 9.17) is 4.74 Å². The van der Waals surface area contributed by atoms with Gasteiger partial charge in [0.05, 0.1) is 19.2 Å². The molecule has 1 saturated carbocycles. The van der Waals surface area contributed by atoms with E-state index < -0.39 is 5.82 Å². The van der Waals surface area contributed by atoms with Gasteiger partial charge in [-0.05, 0) is 44.0 Å². The van der Waals surface area contributed by atoms with Gasteiger partial charge in [-0.3, -0.25) is 9.69 Å². The molecule has 1 aliphatic rings. The highest BCUT2D eigenvalue weighted by atomic mass is 19.1. The van der Waals surface area contributed by atoms with Gasteiger partial charge in [-0.15, -0.1) is 0 Å². The number of carbonyl (C=O) groups excluding carboxylic acids is 1. The third-order valence-electron chi connectivity index (χ3n) is 3.92. The number of rotatable bonds is 6. The Morgan fingerprint density at radius 1 is 1.40 bits per heavy atom. The first kappa shape index (κ1) is 15.0. The highest BCUT2D eigenvalue weighted by Gasteiger charge is 2.20. The molecule has 0 radical (unpaired) electrons. The minimum Gasteiger partial charge on any atom is -0.496 e. The lowest BCUT2D eigenvalue weighted by Gasteiger charge is -2.20. The van der Waals surface area contributed by atoms with Crippen molar-refractivity contribution in [2.45, 2.75) is 25.7 Å². The van der Waals surface area contributed by atoms with Crippen molar-refractivity contribution in [3.63, 3.8) is 0 Å². The van der Waals surface area contributed by atoms with Crippen LogP contribution in [0.2, 0.25) is 0 Å². The van der Waals surface area contributed by atoms with Crippen molar-refractivity contribution in [3.05, 3.63) is 29.6 Å². The van der Waals surface area contributed by atoms with E-state index in [2.05, 4.69) is 0 Å². The van der Waals surface area contributed by atoms with Crippen molar-refractivity contribution >= 4 is 5.78 Å². The Morgan fingerprint density at radius 2 is 2.10 bits per heavy atom. The number of hydrogen-bond acceptors (Lipinski definition) is 3. The highest BCUT2D eigenvalue weighted by Crippen LogP contribution is 2.25. The third kappa shape index (κ3) is 3.79. The lowest BCUT2D eigenvalue weighted by Crippen LogP contribution is -2.30. The summed E-state index contributed by atoms with van der Waals surface area (Å²) in [5, 5.41) is 0. The lowest BCUT2D eigenvalue weighted by atomic mass is 10.1. The molecule has 1 aromatic carbocycles. The second kappa shape index (κ2) is 6.84. The van der Waals surface area contributed by atoms with E-state index in [1.54, 1.807) is 0 Å². The maximum Gasteiger partial charge on any atom is 0.180 e. The zero-order valence-corrected chi connectivity index (χ0v) is 12.2. The van der Waals surface area contributed by atoms with Gasteiger partial charge in [-0.1, -0.05) is 12.8 Å². The largest absolute Gasteiger partial charge is 0.496 e. The molecule has 0 unspecified atom stereocenters. The molecular formula is C16H22FNO2. The summed E-state index contributed by atoms with van der Waals surface area (Å²) < 4.78 is 18.4. The smallest absolute Gasteiger partial charge is 0.180 e. The summed E-state index contributed by atoms with van der Waals surface area (Å²) in [7, 11) is 3.44. The first-order valence-electron chi connectivity index (χ1n) is 7.15. The van der Waals surface area contributed by atoms with Gasteiger partial charge >= 0.3 is 0 Å². The molecule has 0 saturated heterocycles. The summed E-state index contributed by atoms with van der Waals surface area (Å²) >= 11 is 0. The first-order valence-corrected chi connectivity index (χ1v) is 7.15. The molecule has 1 aromatic rings. The standard InChI is InChI=1S/C16H22FNO2/c1-18(10-12-5-3-4-6-12)11-15(19)14-9-13(17)7-8-16(14)20-2/h7-9,12H,3-6,10-11H2,1-2H3. The van der Waals surface area contributed by atoms with Crippen LogP contribution in [0.15, 0.2) is 18.2 Å². The molecule has 0 amide bonds. The molecule has 1 fully saturated rings. The van der Waals surface area contributed by atoms with E-state index in [1.165, 1.54) is 51.0 Å². The zero-order chi connectivity index (χ0) is 14.5. The van der Waals surface area contributed by atoms with Crippen LogP contribution in [0.3, 0.4) is 0 Å². The van der Waals surface area contributed by atoms with Crippen LogP contribution in [-0.2, 0) is 0 Å². The number of Topliss-reactive ketones (excluding diaryl/α,β-unsaturated/α-hetero) is 1. The second-order valence-electron chi connectivity index (χ2n) is 5.62. The minimum atomic E-state index is -0.410. The predicted octanol–water partition coefficient (Wildman–Crippen LogP) is 3.14.